The van der Waals surface area contributed by atoms with Crippen LogP contribution in [0.3, 0.4) is 0 Å². The number of hydrogen-bond donors (Lipinski definition) is 1. The average molecular weight is 237 g/mol. The largest absolute Gasteiger partial charge is 0.301 e. The number of allylic oxidation sites excluding steroid dienone is 2. The third kappa shape index (κ3) is 2.88. The first-order valence-corrected chi connectivity index (χ1v) is 6.38. The Bertz CT molecular complexity index is 400. The lowest BCUT2D eigenvalue weighted by atomic mass is 10.1. The van der Waals surface area contributed by atoms with Gasteiger partial charge in [0.25, 0.3) is 0 Å². The quantitative estimate of drug-likeness (QED) is 0.818. The summed E-state index contributed by atoms with van der Waals surface area (Å²) in [6.07, 6.45) is 7.85. The molecule has 0 fully saturated rings. The Balaban J connectivity index is 1.84. The minimum absolute atomic E-state index is 0.0374. The molecule has 0 bridgehead atoms. The highest BCUT2D eigenvalue weighted by Crippen LogP contribution is 2.21. The predicted molar refractivity (Wildman–Crippen MR) is 64.4 cm³/mol. The van der Waals surface area contributed by atoms with Gasteiger partial charge in [-0.05, 0) is 25.2 Å². The van der Waals surface area contributed by atoms with E-state index in [1.165, 1.54) is 11.3 Å². The predicted octanol–water partition coefficient (Wildman–Crippen LogP) is 2.40. The van der Waals surface area contributed by atoms with Crippen molar-refractivity contribution in [3.05, 3.63) is 17.2 Å². The Kier molecular flexibility index (Phi) is 3.66. The molecule has 0 radical (unpaired) electrons. The second-order valence-corrected chi connectivity index (χ2v) is 4.93. The Morgan fingerprint density at radius 1 is 1.62 bits per heavy atom. The van der Waals surface area contributed by atoms with Gasteiger partial charge >= 0.3 is 0 Å². The monoisotopic (exact) mass is 237 g/mol. The zero-order valence-corrected chi connectivity index (χ0v) is 10.1. The summed E-state index contributed by atoms with van der Waals surface area (Å²) in [5, 5.41) is 12.2. The summed E-state index contributed by atoms with van der Waals surface area (Å²) in [6.45, 7) is 2.02. The second-order valence-electron chi connectivity index (χ2n) is 3.87. The van der Waals surface area contributed by atoms with Gasteiger partial charge in [-0.15, -0.1) is 10.2 Å². The molecule has 1 amide bonds. The van der Waals surface area contributed by atoms with Crippen molar-refractivity contribution in [2.45, 2.75) is 32.6 Å². The molecule has 86 valence electrons. The molecule has 0 unspecified atom stereocenters. The van der Waals surface area contributed by atoms with Crippen LogP contribution in [-0.4, -0.2) is 16.1 Å². The first-order chi connectivity index (χ1) is 7.78. The number of rotatable bonds is 4. The fourth-order valence-electron chi connectivity index (χ4n) is 1.72. The van der Waals surface area contributed by atoms with Crippen molar-refractivity contribution in [1.29, 1.82) is 0 Å². The number of nitrogens with one attached hydrogen (secondary N) is 1. The second kappa shape index (κ2) is 5.21. The Morgan fingerprint density at radius 2 is 2.50 bits per heavy atom. The van der Waals surface area contributed by atoms with Crippen LogP contribution in [-0.2, 0) is 11.2 Å². The van der Waals surface area contributed by atoms with Crippen LogP contribution in [0.25, 0.3) is 0 Å². The van der Waals surface area contributed by atoms with Gasteiger partial charge < -0.3 is 5.32 Å². The molecular weight excluding hydrogens is 222 g/mol. The summed E-state index contributed by atoms with van der Waals surface area (Å²) < 4.78 is 0. The topological polar surface area (TPSA) is 54.9 Å². The number of aryl methyl sites for hydroxylation is 1. The third-order valence-electron chi connectivity index (χ3n) is 2.58. The van der Waals surface area contributed by atoms with Crippen LogP contribution in [0.5, 0.6) is 0 Å². The molecule has 0 saturated heterocycles. The van der Waals surface area contributed by atoms with Crippen molar-refractivity contribution in [2.24, 2.45) is 5.92 Å². The molecule has 1 heterocycles. The number of carbonyl (C=O) groups excluding carboxylic acids is 1. The van der Waals surface area contributed by atoms with Crippen LogP contribution in [0.2, 0.25) is 0 Å². The van der Waals surface area contributed by atoms with Crippen molar-refractivity contribution in [3.8, 4) is 0 Å². The van der Waals surface area contributed by atoms with E-state index in [-0.39, 0.29) is 5.91 Å². The fraction of sp³-hybridized carbons (Fsp3) is 0.545. The average Bonchev–Trinajstić information content (AvgIpc) is 2.89. The van der Waals surface area contributed by atoms with Gasteiger partial charge in [-0.25, -0.2) is 0 Å². The number of anilines is 1. The molecule has 1 aliphatic carbocycles. The zero-order valence-electron chi connectivity index (χ0n) is 9.27. The Labute approximate surface area is 98.8 Å². The van der Waals surface area contributed by atoms with Crippen molar-refractivity contribution in [3.63, 3.8) is 0 Å². The van der Waals surface area contributed by atoms with E-state index in [1.54, 1.807) is 0 Å². The Morgan fingerprint density at radius 3 is 3.12 bits per heavy atom. The number of hydrogen-bond acceptors (Lipinski definition) is 4. The summed E-state index contributed by atoms with van der Waals surface area (Å²) in [5.74, 6) is 0.439. The summed E-state index contributed by atoms with van der Waals surface area (Å²) in [6, 6.07) is 0. The minimum atomic E-state index is 0.0374. The molecule has 5 heteroatoms. The summed E-state index contributed by atoms with van der Waals surface area (Å²) in [7, 11) is 0. The molecule has 1 aromatic rings. The highest BCUT2D eigenvalue weighted by Gasteiger charge is 2.15. The molecule has 1 N–H and O–H groups in total. The fourth-order valence-corrected chi connectivity index (χ4v) is 2.42. The molecular formula is C11H15N3OS. The van der Waals surface area contributed by atoms with Gasteiger partial charge in [0.15, 0.2) is 0 Å². The van der Waals surface area contributed by atoms with Crippen LogP contribution in [0.1, 0.15) is 31.2 Å². The number of aromatic nitrogens is 2. The van der Waals surface area contributed by atoms with Crippen LogP contribution < -0.4 is 5.32 Å². The zero-order chi connectivity index (χ0) is 11.4. The van der Waals surface area contributed by atoms with E-state index in [0.717, 1.165) is 24.3 Å². The molecule has 2 rings (SSSR count). The molecule has 0 spiro atoms. The van der Waals surface area contributed by atoms with Gasteiger partial charge in [0.05, 0.1) is 0 Å². The van der Waals surface area contributed by atoms with Crippen LogP contribution >= 0.6 is 11.3 Å². The SMILES string of the molecule is CCc1nnc(NC(=O)C[C@H]2C=CCC2)s1. The third-order valence-corrected chi connectivity index (χ3v) is 3.56. The van der Waals surface area contributed by atoms with E-state index in [0.29, 0.717) is 17.5 Å². The van der Waals surface area contributed by atoms with Gasteiger partial charge in [-0.1, -0.05) is 30.4 Å². The number of amides is 1. The standard InChI is InChI=1S/C11H15N3OS/c1-2-10-13-14-11(16-10)12-9(15)7-8-5-3-4-6-8/h3,5,8H,2,4,6-7H2,1H3,(H,12,14,15)/t8-/m0/s1. The van der Waals surface area contributed by atoms with Crippen molar-refractivity contribution < 1.29 is 4.79 Å². The first-order valence-electron chi connectivity index (χ1n) is 5.57. The van der Waals surface area contributed by atoms with E-state index >= 15 is 0 Å². The van der Waals surface area contributed by atoms with Gasteiger partial charge in [0.1, 0.15) is 5.01 Å². The van der Waals surface area contributed by atoms with Crippen LogP contribution in [0.4, 0.5) is 5.13 Å². The van der Waals surface area contributed by atoms with Crippen molar-refractivity contribution >= 4 is 22.4 Å². The van der Waals surface area contributed by atoms with Crippen LogP contribution in [0, 0.1) is 5.92 Å². The van der Waals surface area contributed by atoms with E-state index in [9.17, 15) is 4.79 Å². The Hall–Kier alpha value is -1.23. The normalized spacial score (nSPS) is 18.9. The van der Waals surface area contributed by atoms with Crippen molar-refractivity contribution in [2.75, 3.05) is 5.32 Å². The molecule has 4 nitrogen and oxygen atoms in total. The highest BCUT2D eigenvalue weighted by molar-refractivity contribution is 7.15. The smallest absolute Gasteiger partial charge is 0.226 e. The van der Waals surface area contributed by atoms with E-state index in [1.807, 2.05) is 6.92 Å². The highest BCUT2D eigenvalue weighted by atomic mass is 32.1. The summed E-state index contributed by atoms with van der Waals surface area (Å²) in [5.41, 5.74) is 0. The summed E-state index contributed by atoms with van der Waals surface area (Å²) in [4.78, 5) is 11.7. The van der Waals surface area contributed by atoms with E-state index in [2.05, 4.69) is 27.7 Å². The van der Waals surface area contributed by atoms with E-state index in [4.69, 9.17) is 0 Å². The van der Waals surface area contributed by atoms with Gasteiger partial charge in [0.2, 0.25) is 11.0 Å². The van der Waals surface area contributed by atoms with Crippen LogP contribution in [0.15, 0.2) is 12.2 Å². The maximum Gasteiger partial charge on any atom is 0.226 e. The van der Waals surface area contributed by atoms with Gasteiger partial charge in [-0.3, -0.25) is 4.79 Å². The van der Waals surface area contributed by atoms with E-state index < -0.39 is 0 Å². The lowest BCUT2D eigenvalue weighted by molar-refractivity contribution is -0.116. The molecule has 1 aromatic heterocycles. The minimum Gasteiger partial charge on any atom is -0.301 e. The molecule has 0 saturated carbocycles. The maximum atomic E-state index is 11.7. The number of nitrogens with zero attached hydrogens (tertiary/aromatic N) is 2. The summed E-state index contributed by atoms with van der Waals surface area (Å²) >= 11 is 1.45. The molecule has 1 aliphatic rings. The number of carbonyl (C=O) groups is 1. The molecule has 0 aromatic carbocycles. The lowest BCUT2D eigenvalue weighted by Crippen LogP contribution is -2.14. The maximum absolute atomic E-state index is 11.7. The molecule has 0 aliphatic heterocycles. The molecule has 16 heavy (non-hydrogen) atoms. The lowest BCUT2D eigenvalue weighted by Gasteiger charge is -2.05. The van der Waals surface area contributed by atoms with Gasteiger partial charge in [0, 0.05) is 6.42 Å². The molecule has 1 atom stereocenters. The van der Waals surface area contributed by atoms with Crippen molar-refractivity contribution in [1.82, 2.24) is 10.2 Å². The van der Waals surface area contributed by atoms with Gasteiger partial charge in [-0.2, -0.15) is 0 Å². The first kappa shape index (κ1) is 11.3.